The fraction of sp³-hybridized carbons (Fsp3) is 0.429. The van der Waals surface area contributed by atoms with E-state index in [1.165, 1.54) is 23.3 Å². The molecule has 0 aliphatic heterocycles. The summed E-state index contributed by atoms with van der Waals surface area (Å²) in [5, 5.41) is 34.7. The monoisotopic (exact) mass is 731 g/mol. The second-order valence-electron chi connectivity index (χ2n) is 14.1. The molecule has 0 saturated heterocycles. The highest BCUT2D eigenvalue weighted by Crippen LogP contribution is 2.35. The second kappa shape index (κ2) is 19.7. The van der Waals surface area contributed by atoms with Gasteiger partial charge in [0.15, 0.2) is 0 Å². The molecule has 0 aliphatic rings. The molecule has 282 valence electrons. The lowest BCUT2D eigenvalue weighted by molar-refractivity contribution is 0.170. The zero-order chi connectivity index (χ0) is 37.7. The molecule has 0 bridgehead atoms. The highest BCUT2D eigenvalue weighted by atomic mass is 32.2. The number of nitrogens with one attached hydrogen (secondary N) is 2. The van der Waals surface area contributed by atoms with E-state index in [1.807, 2.05) is 42.5 Å². The van der Waals surface area contributed by atoms with Crippen molar-refractivity contribution in [3.05, 3.63) is 119 Å². The van der Waals surface area contributed by atoms with Crippen LogP contribution in [0.3, 0.4) is 0 Å². The van der Waals surface area contributed by atoms with Crippen LogP contribution < -0.4 is 14.8 Å². The maximum atomic E-state index is 11.5. The molecule has 4 rings (SSSR count). The minimum Gasteiger partial charge on any atom is -0.508 e. The Kier molecular flexibility index (Phi) is 15.4. The molecule has 0 radical (unpaired) electrons. The van der Waals surface area contributed by atoms with Crippen LogP contribution >= 0.6 is 0 Å². The Bertz CT molecular complexity index is 1770. The quantitative estimate of drug-likeness (QED) is 0.0444. The number of hydrogen-bond acceptors (Lipinski definition) is 8. The fourth-order valence-corrected chi connectivity index (χ4v) is 7.18. The molecule has 0 heterocycles. The lowest BCUT2D eigenvalue weighted by atomic mass is 9.86. The molecule has 0 fully saturated rings. The summed E-state index contributed by atoms with van der Waals surface area (Å²) in [6.07, 6.45) is 4.63. The number of phenols is 2. The third kappa shape index (κ3) is 12.8. The number of unbranched alkanes of at least 4 members (excludes halogenated alkanes) is 1. The van der Waals surface area contributed by atoms with Gasteiger partial charge in [-0.2, -0.15) is 0 Å². The van der Waals surface area contributed by atoms with E-state index in [0.717, 1.165) is 61.8 Å². The first-order chi connectivity index (χ1) is 24.8. The molecule has 0 amide bonds. The van der Waals surface area contributed by atoms with Gasteiger partial charge in [-0.15, -0.1) is 0 Å². The van der Waals surface area contributed by atoms with E-state index in [9.17, 15) is 23.7 Å². The number of rotatable bonds is 21. The van der Waals surface area contributed by atoms with Crippen molar-refractivity contribution in [2.24, 2.45) is 0 Å². The van der Waals surface area contributed by atoms with E-state index in [-0.39, 0.29) is 23.9 Å². The van der Waals surface area contributed by atoms with Crippen molar-refractivity contribution >= 4 is 15.7 Å². The second-order valence-corrected chi connectivity index (χ2v) is 15.9. The van der Waals surface area contributed by atoms with Crippen LogP contribution in [-0.2, 0) is 22.9 Å². The third-order valence-electron chi connectivity index (χ3n) is 9.35. The zero-order valence-corrected chi connectivity index (χ0v) is 32.1. The minimum atomic E-state index is -3.56. The summed E-state index contributed by atoms with van der Waals surface area (Å²) in [6, 6.07) is 29.9. The Morgan fingerprint density at radius 1 is 0.769 bits per heavy atom. The standard InChI is InChI=1S/C42H57N3O6S/c1-30(2)45(31(3)4)25-23-37(34-12-7-6-8-13-34)38-27-33(16-20-40(38)46)11-9-10-26-51-36-18-14-32(15-19-36)22-24-43-29-42(48)35-17-21-41(47)39(28-35)44-52(5,49)50/h6-8,12-21,27-28,30-31,37,42-44,46-48H,9-11,22-26,29H2,1-5H3/t37-,42?/m1/s1. The lowest BCUT2D eigenvalue weighted by Gasteiger charge is -2.32. The summed E-state index contributed by atoms with van der Waals surface area (Å²) >= 11 is 0. The van der Waals surface area contributed by atoms with Crippen LogP contribution in [-0.4, -0.2) is 73.2 Å². The zero-order valence-electron chi connectivity index (χ0n) is 31.3. The molecule has 4 aromatic carbocycles. The van der Waals surface area contributed by atoms with Gasteiger partial charge in [0.2, 0.25) is 10.0 Å². The first-order valence-electron chi connectivity index (χ1n) is 18.3. The van der Waals surface area contributed by atoms with E-state index >= 15 is 0 Å². The number of sulfonamides is 1. The average Bonchev–Trinajstić information content (AvgIpc) is 3.10. The third-order valence-corrected chi connectivity index (χ3v) is 9.94. The van der Waals surface area contributed by atoms with Crippen molar-refractivity contribution in [2.45, 2.75) is 83.9 Å². The van der Waals surface area contributed by atoms with Crippen LogP contribution in [0.5, 0.6) is 17.2 Å². The summed E-state index contributed by atoms with van der Waals surface area (Å²) in [4.78, 5) is 2.51. The van der Waals surface area contributed by atoms with E-state index in [2.05, 4.69) is 73.0 Å². The molecule has 52 heavy (non-hydrogen) atoms. The minimum absolute atomic E-state index is 0.0336. The van der Waals surface area contributed by atoms with Gasteiger partial charge in [0.05, 0.1) is 24.7 Å². The van der Waals surface area contributed by atoms with Gasteiger partial charge in [0.25, 0.3) is 0 Å². The number of aliphatic hydroxyl groups is 1. The van der Waals surface area contributed by atoms with Gasteiger partial charge in [0, 0.05) is 30.1 Å². The largest absolute Gasteiger partial charge is 0.508 e. The summed E-state index contributed by atoms with van der Waals surface area (Å²) in [5.41, 5.74) is 5.11. The first kappa shape index (κ1) is 40.7. The maximum absolute atomic E-state index is 11.5. The number of aryl methyl sites for hydroxylation is 1. The van der Waals surface area contributed by atoms with Gasteiger partial charge >= 0.3 is 0 Å². The number of phenolic OH excluding ortho intramolecular Hbond substituents is 2. The molecule has 0 aromatic heterocycles. The normalized spacial score (nSPS) is 13.1. The van der Waals surface area contributed by atoms with Crippen LogP contribution in [0.2, 0.25) is 0 Å². The first-order valence-corrected chi connectivity index (χ1v) is 20.2. The van der Waals surface area contributed by atoms with Gasteiger partial charge in [-0.3, -0.25) is 9.62 Å². The van der Waals surface area contributed by atoms with Gasteiger partial charge in [-0.05, 0) is 125 Å². The number of ether oxygens (including phenoxy) is 1. The molecular formula is C42H57N3O6S. The fourth-order valence-electron chi connectivity index (χ4n) is 6.62. The number of aliphatic hydroxyl groups excluding tert-OH is 1. The molecule has 0 saturated carbocycles. The van der Waals surface area contributed by atoms with Gasteiger partial charge in [-0.25, -0.2) is 8.42 Å². The van der Waals surface area contributed by atoms with Crippen LogP contribution in [0.1, 0.15) is 86.8 Å². The van der Waals surface area contributed by atoms with Crippen molar-refractivity contribution in [1.82, 2.24) is 10.2 Å². The van der Waals surface area contributed by atoms with E-state index < -0.39 is 16.1 Å². The topological polar surface area (TPSA) is 131 Å². The van der Waals surface area contributed by atoms with Crippen molar-refractivity contribution in [3.63, 3.8) is 0 Å². The predicted molar refractivity (Wildman–Crippen MR) is 211 cm³/mol. The van der Waals surface area contributed by atoms with Crippen LogP contribution in [0.25, 0.3) is 0 Å². The van der Waals surface area contributed by atoms with Gasteiger partial charge < -0.3 is 25.4 Å². The Morgan fingerprint density at radius 3 is 2.12 bits per heavy atom. The van der Waals surface area contributed by atoms with Gasteiger partial charge in [-0.1, -0.05) is 60.7 Å². The number of benzene rings is 4. The Morgan fingerprint density at radius 2 is 1.44 bits per heavy atom. The molecule has 9 nitrogen and oxygen atoms in total. The summed E-state index contributed by atoms with van der Waals surface area (Å²) < 4.78 is 31.4. The molecule has 4 aromatic rings. The summed E-state index contributed by atoms with van der Waals surface area (Å²) in [6.45, 7) is 11.5. The number of aromatic hydroxyl groups is 2. The van der Waals surface area contributed by atoms with Crippen molar-refractivity contribution in [2.75, 3.05) is 37.2 Å². The number of nitrogens with zero attached hydrogens (tertiary/aromatic N) is 1. The number of hydrogen-bond donors (Lipinski definition) is 5. The highest BCUT2D eigenvalue weighted by Gasteiger charge is 2.22. The van der Waals surface area contributed by atoms with E-state index in [1.54, 1.807) is 6.07 Å². The van der Waals surface area contributed by atoms with Crippen molar-refractivity contribution in [3.8, 4) is 17.2 Å². The van der Waals surface area contributed by atoms with Crippen molar-refractivity contribution < 1.29 is 28.5 Å². The molecule has 10 heteroatoms. The Balaban J connectivity index is 1.21. The Labute approximate surface area is 310 Å². The molecular weight excluding hydrogens is 675 g/mol. The molecule has 1 unspecified atom stereocenters. The lowest BCUT2D eigenvalue weighted by Crippen LogP contribution is -2.38. The molecule has 2 atom stereocenters. The predicted octanol–water partition coefficient (Wildman–Crippen LogP) is 7.38. The van der Waals surface area contributed by atoms with E-state index in [4.69, 9.17) is 4.74 Å². The highest BCUT2D eigenvalue weighted by molar-refractivity contribution is 7.92. The number of anilines is 1. The van der Waals surface area contributed by atoms with Crippen LogP contribution in [0, 0.1) is 0 Å². The Hall–Kier alpha value is -4.09. The SMILES string of the molecule is CC(C)N(CC[C@H](c1ccccc1)c1cc(CCCCOc2ccc(CCNCC(O)c3ccc(O)c(NS(C)(=O)=O)c3)cc2)ccc1O)C(C)C. The van der Waals surface area contributed by atoms with E-state index in [0.29, 0.717) is 36.5 Å². The molecule has 0 aliphatic carbocycles. The molecule has 0 spiro atoms. The smallest absolute Gasteiger partial charge is 0.229 e. The van der Waals surface area contributed by atoms with Crippen molar-refractivity contribution in [1.29, 1.82) is 0 Å². The average molecular weight is 732 g/mol. The molecule has 5 N–H and O–H groups in total. The summed E-state index contributed by atoms with van der Waals surface area (Å²) in [7, 11) is -3.56. The van der Waals surface area contributed by atoms with Gasteiger partial charge in [0.1, 0.15) is 17.2 Å². The van der Waals surface area contributed by atoms with Crippen LogP contribution in [0.15, 0.2) is 91.0 Å². The maximum Gasteiger partial charge on any atom is 0.229 e. The van der Waals surface area contributed by atoms with Crippen LogP contribution in [0.4, 0.5) is 5.69 Å². The summed E-state index contributed by atoms with van der Waals surface area (Å²) in [5.74, 6) is 1.09.